The lowest BCUT2D eigenvalue weighted by atomic mass is 10.1. The van der Waals surface area contributed by atoms with Crippen molar-refractivity contribution in [2.75, 3.05) is 18.0 Å². The smallest absolute Gasteiger partial charge is 0.266 e. The zero-order chi connectivity index (χ0) is 18.3. The molecule has 6 nitrogen and oxygen atoms in total. The number of hydrogen-bond donors (Lipinski definition) is 0. The number of amides is 2. The molecular weight excluding hydrogens is 352 g/mol. The summed E-state index contributed by atoms with van der Waals surface area (Å²) in [5.41, 5.74) is 0.703. The number of sulfonamides is 1. The molecule has 2 heterocycles. The molecule has 0 aliphatic carbocycles. The van der Waals surface area contributed by atoms with Gasteiger partial charge in [0.1, 0.15) is 4.90 Å². The molecule has 1 saturated heterocycles. The predicted octanol–water partition coefficient (Wildman–Crippen LogP) is 2.66. The molecule has 2 amide bonds. The lowest BCUT2D eigenvalue weighted by molar-refractivity contribution is 0.0925. The van der Waals surface area contributed by atoms with Crippen LogP contribution in [0.4, 0.5) is 5.69 Å². The minimum atomic E-state index is -3.78. The summed E-state index contributed by atoms with van der Waals surface area (Å²) < 4.78 is 27.7. The number of benzene rings is 2. The van der Waals surface area contributed by atoms with Gasteiger partial charge in [0.25, 0.3) is 11.8 Å². The average molecular weight is 370 g/mol. The topological polar surface area (TPSA) is 74.8 Å². The highest BCUT2D eigenvalue weighted by atomic mass is 32.2. The zero-order valence-electron chi connectivity index (χ0n) is 14.1. The number of anilines is 1. The summed E-state index contributed by atoms with van der Waals surface area (Å²) in [5, 5.41) is 0. The van der Waals surface area contributed by atoms with Crippen LogP contribution in [0.5, 0.6) is 0 Å². The number of para-hydroxylation sites is 1. The van der Waals surface area contributed by atoms with E-state index in [1.807, 2.05) is 0 Å². The Bertz CT molecular complexity index is 959. The molecule has 2 aliphatic heterocycles. The van der Waals surface area contributed by atoms with Crippen LogP contribution in [0.15, 0.2) is 53.4 Å². The minimum absolute atomic E-state index is 0.00333. The van der Waals surface area contributed by atoms with Crippen molar-refractivity contribution >= 4 is 27.5 Å². The van der Waals surface area contributed by atoms with E-state index < -0.39 is 21.8 Å². The van der Waals surface area contributed by atoms with Crippen LogP contribution >= 0.6 is 0 Å². The second-order valence-corrected chi connectivity index (χ2v) is 8.33. The van der Waals surface area contributed by atoms with Gasteiger partial charge in [-0.15, -0.1) is 0 Å². The first-order valence-electron chi connectivity index (χ1n) is 8.59. The third-order valence-corrected chi connectivity index (χ3v) is 6.78. The molecule has 134 valence electrons. The fourth-order valence-corrected chi connectivity index (χ4v) is 5.20. The molecular formula is C19H18N2O4S. The van der Waals surface area contributed by atoms with E-state index in [0.717, 1.165) is 24.2 Å². The van der Waals surface area contributed by atoms with Gasteiger partial charge in [-0.2, -0.15) is 4.31 Å². The molecule has 4 rings (SSSR count). The maximum Gasteiger partial charge on any atom is 0.266 e. The fourth-order valence-electron chi connectivity index (χ4n) is 3.51. The van der Waals surface area contributed by atoms with E-state index in [1.165, 1.54) is 16.4 Å². The number of imide groups is 1. The van der Waals surface area contributed by atoms with Crippen LogP contribution in [0.1, 0.15) is 40.0 Å². The van der Waals surface area contributed by atoms with Gasteiger partial charge in [0.2, 0.25) is 10.0 Å². The molecule has 0 aromatic heterocycles. The molecule has 2 aliphatic rings. The standard InChI is InChI=1S/C19H18N2O4S/c22-18-14-8-2-3-9-15(14)19(23)21(18)16-10-4-5-11-17(16)26(24,25)20-12-6-1-7-13-20/h2-5,8-11H,1,6-7,12-13H2. The zero-order valence-corrected chi connectivity index (χ0v) is 14.9. The Hall–Kier alpha value is -2.51. The van der Waals surface area contributed by atoms with Gasteiger partial charge in [0.15, 0.2) is 0 Å². The summed E-state index contributed by atoms with van der Waals surface area (Å²) in [6.07, 6.45) is 2.63. The molecule has 2 aromatic rings. The Morgan fingerprint density at radius 1 is 0.731 bits per heavy atom. The largest absolute Gasteiger partial charge is 0.268 e. The lowest BCUT2D eigenvalue weighted by Gasteiger charge is -2.27. The molecule has 0 unspecified atom stereocenters. The highest BCUT2D eigenvalue weighted by Crippen LogP contribution is 2.34. The second kappa shape index (κ2) is 6.34. The van der Waals surface area contributed by atoms with Gasteiger partial charge in [-0.05, 0) is 37.1 Å². The lowest BCUT2D eigenvalue weighted by Crippen LogP contribution is -2.37. The van der Waals surface area contributed by atoms with Crippen LogP contribution in [0.3, 0.4) is 0 Å². The Kier molecular flexibility index (Phi) is 4.13. The minimum Gasteiger partial charge on any atom is -0.268 e. The number of piperidine rings is 1. The number of rotatable bonds is 3. The van der Waals surface area contributed by atoms with E-state index in [1.54, 1.807) is 36.4 Å². The van der Waals surface area contributed by atoms with E-state index >= 15 is 0 Å². The number of hydrogen-bond acceptors (Lipinski definition) is 4. The Morgan fingerprint density at radius 2 is 1.27 bits per heavy atom. The summed E-state index contributed by atoms with van der Waals surface area (Å²) in [6, 6.07) is 12.7. The number of nitrogens with zero attached hydrogens (tertiary/aromatic N) is 2. The van der Waals surface area contributed by atoms with E-state index in [0.29, 0.717) is 24.2 Å². The Morgan fingerprint density at radius 3 is 1.88 bits per heavy atom. The monoisotopic (exact) mass is 370 g/mol. The normalized spacial score (nSPS) is 18.2. The maximum atomic E-state index is 13.1. The van der Waals surface area contributed by atoms with E-state index in [9.17, 15) is 18.0 Å². The summed E-state index contributed by atoms with van der Waals surface area (Å²) >= 11 is 0. The highest BCUT2D eigenvalue weighted by Gasteiger charge is 2.39. The van der Waals surface area contributed by atoms with Gasteiger partial charge in [0.05, 0.1) is 16.8 Å². The van der Waals surface area contributed by atoms with Gasteiger partial charge in [0, 0.05) is 13.1 Å². The van der Waals surface area contributed by atoms with E-state index in [-0.39, 0.29) is 10.6 Å². The Labute approximate surface area is 152 Å². The van der Waals surface area contributed by atoms with Crippen molar-refractivity contribution in [1.82, 2.24) is 4.31 Å². The molecule has 7 heteroatoms. The fraction of sp³-hybridized carbons (Fsp3) is 0.263. The summed E-state index contributed by atoms with van der Waals surface area (Å²) in [7, 11) is -3.78. The highest BCUT2D eigenvalue weighted by molar-refractivity contribution is 7.89. The average Bonchev–Trinajstić information content (AvgIpc) is 2.93. The number of carbonyl (C=O) groups is 2. The maximum absolute atomic E-state index is 13.1. The van der Waals surface area contributed by atoms with Crippen molar-refractivity contribution in [1.29, 1.82) is 0 Å². The molecule has 26 heavy (non-hydrogen) atoms. The van der Waals surface area contributed by atoms with Gasteiger partial charge >= 0.3 is 0 Å². The van der Waals surface area contributed by atoms with Crippen LogP contribution in [0.25, 0.3) is 0 Å². The molecule has 0 N–H and O–H groups in total. The summed E-state index contributed by atoms with van der Waals surface area (Å²) in [6.45, 7) is 0.914. The second-order valence-electron chi connectivity index (χ2n) is 6.42. The quantitative estimate of drug-likeness (QED) is 0.779. The molecule has 1 fully saturated rings. The van der Waals surface area contributed by atoms with Gasteiger partial charge in [-0.1, -0.05) is 30.7 Å². The van der Waals surface area contributed by atoms with Crippen LogP contribution in [-0.4, -0.2) is 37.6 Å². The van der Waals surface area contributed by atoms with Crippen LogP contribution < -0.4 is 4.90 Å². The van der Waals surface area contributed by atoms with Crippen molar-refractivity contribution in [2.45, 2.75) is 24.2 Å². The molecule has 2 aromatic carbocycles. The van der Waals surface area contributed by atoms with E-state index in [2.05, 4.69) is 0 Å². The number of carbonyl (C=O) groups excluding carboxylic acids is 2. The van der Waals surface area contributed by atoms with Crippen LogP contribution in [-0.2, 0) is 10.0 Å². The van der Waals surface area contributed by atoms with Crippen molar-refractivity contribution in [3.05, 3.63) is 59.7 Å². The molecule has 0 saturated carbocycles. The van der Waals surface area contributed by atoms with Crippen molar-refractivity contribution in [3.63, 3.8) is 0 Å². The third kappa shape index (κ3) is 2.55. The van der Waals surface area contributed by atoms with Gasteiger partial charge < -0.3 is 0 Å². The van der Waals surface area contributed by atoms with Crippen molar-refractivity contribution < 1.29 is 18.0 Å². The first-order valence-corrected chi connectivity index (χ1v) is 10.0. The van der Waals surface area contributed by atoms with Crippen molar-refractivity contribution in [3.8, 4) is 0 Å². The molecule has 0 radical (unpaired) electrons. The molecule has 0 atom stereocenters. The summed E-state index contributed by atoms with van der Waals surface area (Å²) in [5.74, 6) is -0.987. The first kappa shape index (κ1) is 16.9. The van der Waals surface area contributed by atoms with Crippen molar-refractivity contribution in [2.24, 2.45) is 0 Å². The Balaban J connectivity index is 1.81. The van der Waals surface area contributed by atoms with Crippen LogP contribution in [0.2, 0.25) is 0 Å². The third-order valence-electron chi connectivity index (χ3n) is 4.83. The molecule has 0 spiro atoms. The van der Waals surface area contributed by atoms with E-state index in [4.69, 9.17) is 0 Å². The summed E-state index contributed by atoms with van der Waals surface area (Å²) in [4.78, 5) is 26.5. The predicted molar refractivity (Wildman–Crippen MR) is 96.6 cm³/mol. The van der Waals surface area contributed by atoms with Gasteiger partial charge in [-0.25, -0.2) is 13.3 Å². The van der Waals surface area contributed by atoms with Gasteiger partial charge in [-0.3, -0.25) is 9.59 Å². The molecule has 0 bridgehead atoms. The SMILES string of the molecule is O=C1c2ccccc2C(=O)N1c1ccccc1S(=O)(=O)N1CCCCC1. The first-order chi connectivity index (χ1) is 12.5. The number of fused-ring (bicyclic) bond motifs is 1. The van der Waals surface area contributed by atoms with Crippen LogP contribution in [0, 0.1) is 0 Å².